The van der Waals surface area contributed by atoms with Crippen LogP contribution in [0.1, 0.15) is 32.1 Å². The van der Waals surface area contributed by atoms with Crippen molar-refractivity contribution >= 4 is 23.2 Å². The Morgan fingerprint density at radius 3 is 2.68 bits per heavy atom. The van der Waals surface area contributed by atoms with Crippen molar-refractivity contribution in [2.75, 3.05) is 10.6 Å². The lowest BCUT2D eigenvalue weighted by Gasteiger charge is -2.36. The Bertz CT molecular complexity index is 597. The van der Waals surface area contributed by atoms with Crippen LogP contribution in [0.2, 0.25) is 0 Å². The van der Waals surface area contributed by atoms with E-state index in [1.807, 2.05) is 0 Å². The Morgan fingerprint density at radius 1 is 1.36 bits per heavy atom. The van der Waals surface area contributed by atoms with Crippen LogP contribution in [-0.4, -0.2) is 22.5 Å². The van der Waals surface area contributed by atoms with E-state index in [2.05, 4.69) is 17.2 Å². The van der Waals surface area contributed by atoms with Gasteiger partial charge in [0.15, 0.2) is 0 Å². The Hall–Kier alpha value is -2.21. The lowest BCUT2D eigenvalue weighted by Crippen LogP contribution is -2.37. The molecule has 1 aliphatic carbocycles. The zero-order chi connectivity index (χ0) is 16.2. The van der Waals surface area contributed by atoms with Crippen LogP contribution >= 0.6 is 0 Å². The molecule has 1 fully saturated rings. The average molecular weight is 306 g/mol. The molecule has 1 saturated carbocycles. The van der Waals surface area contributed by atoms with Crippen LogP contribution in [-0.2, 0) is 9.59 Å². The van der Waals surface area contributed by atoms with Crippen molar-refractivity contribution in [1.29, 1.82) is 0 Å². The van der Waals surface area contributed by atoms with Gasteiger partial charge in [0.2, 0.25) is 11.8 Å². The molecule has 5 nitrogen and oxygen atoms in total. The number of anilines is 2. The van der Waals surface area contributed by atoms with E-state index in [-0.39, 0.29) is 18.0 Å². The third-order valence-electron chi connectivity index (χ3n) is 3.80. The van der Waals surface area contributed by atoms with Gasteiger partial charge in [0.05, 0.1) is 11.3 Å². The molecule has 0 aromatic heterocycles. The van der Waals surface area contributed by atoms with Gasteiger partial charge in [-0.15, -0.1) is 0 Å². The van der Waals surface area contributed by atoms with E-state index in [0.29, 0.717) is 12.1 Å². The molecule has 0 spiro atoms. The quantitative estimate of drug-likeness (QED) is 0.707. The topological polar surface area (TPSA) is 78.4 Å². The summed E-state index contributed by atoms with van der Waals surface area (Å²) in [6, 6.07) is 3.91. The fourth-order valence-electron chi connectivity index (χ4n) is 2.29. The molecule has 1 aromatic rings. The molecular weight excluding hydrogens is 287 g/mol. The number of rotatable bonds is 6. The van der Waals surface area contributed by atoms with Crippen LogP contribution in [0.25, 0.3) is 0 Å². The fourth-order valence-corrected chi connectivity index (χ4v) is 2.29. The Morgan fingerprint density at radius 2 is 2.09 bits per heavy atom. The number of carbonyl (C=O) groups is 2. The van der Waals surface area contributed by atoms with Crippen LogP contribution in [0, 0.1) is 5.82 Å². The maximum Gasteiger partial charge on any atom is 0.247 e. The smallest absolute Gasteiger partial charge is 0.247 e. The Balaban J connectivity index is 1.94. The van der Waals surface area contributed by atoms with Gasteiger partial charge in [-0.05, 0) is 50.0 Å². The lowest BCUT2D eigenvalue weighted by molar-refractivity contribution is -0.118. The predicted octanol–water partition coefficient (Wildman–Crippen LogP) is 2.58. The van der Waals surface area contributed by atoms with Gasteiger partial charge in [-0.1, -0.05) is 6.58 Å². The standard InChI is InChI=1S/C16H19FN2O3/c1-2-14(20)19-13-10-11(4-5-12(13)17)18-15(21)6-9-16(22)7-3-8-16/h2,4-5,10,22H,1,3,6-9H2,(H,18,21)(H,19,20). The summed E-state index contributed by atoms with van der Waals surface area (Å²) < 4.78 is 13.6. The summed E-state index contributed by atoms with van der Waals surface area (Å²) in [5.41, 5.74) is -0.352. The number of benzene rings is 1. The number of carbonyl (C=O) groups excluding carboxylic acids is 2. The van der Waals surface area contributed by atoms with E-state index < -0.39 is 17.3 Å². The van der Waals surface area contributed by atoms with E-state index in [9.17, 15) is 19.1 Å². The van der Waals surface area contributed by atoms with Gasteiger partial charge in [0, 0.05) is 12.1 Å². The first-order valence-corrected chi connectivity index (χ1v) is 7.17. The van der Waals surface area contributed by atoms with Gasteiger partial charge in [-0.2, -0.15) is 0 Å². The molecule has 22 heavy (non-hydrogen) atoms. The SMILES string of the molecule is C=CC(=O)Nc1cc(NC(=O)CCC2(O)CCC2)ccc1F. The van der Waals surface area contributed by atoms with E-state index in [4.69, 9.17) is 0 Å². The molecule has 0 atom stereocenters. The van der Waals surface area contributed by atoms with Crippen molar-refractivity contribution in [3.63, 3.8) is 0 Å². The maximum atomic E-state index is 13.6. The minimum atomic E-state index is -0.705. The van der Waals surface area contributed by atoms with Crippen molar-refractivity contribution < 1.29 is 19.1 Å². The summed E-state index contributed by atoms with van der Waals surface area (Å²) in [4.78, 5) is 23.1. The van der Waals surface area contributed by atoms with Gasteiger partial charge in [-0.3, -0.25) is 9.59 Å². The van der Waals surface area contributed by atoms with Gasteiger partial charge in [0.25, 0.3) is 0 Å². The van der Waals surface area contributed by atoms with Crippen molar-refractivity contribution in [1.82, 2.24) is 0 Å². The molecule has 0 heterocycles. The summed E-state index contributed by atoms with van der Waals surface area (Å²) in [6.45, 7) is 3.29. The normalized spacial score (nSPS) is 15.5. The summed E-state index contributed by atoms with van der Waals surface area (Å²) in [6.07, 6.45) is 4.10. The molecule has 1 aliphatic rings. The first kappa shape index (κ1) is 16.2. The molecule has 0 aliphatic heterocycles. The van der Waals surface area contributed by atoms with E-state index in [1.165, 1.54) is 12.1 Å². The fraction of sp³-hybridized carbons (Fsp3) is 0.375. The highest BCUT2D eigenvalue weighted by Gasteiger charge is 2.34. The number of hydrogen-bond acceptors (Lipinski definition) is 3. The summed E-state index contributed by atoms with van der Waals surface area (Å²) >= 11 is 0. The Kier molecular flexibility index (Phi) is 4.92. The highest BCUT2D eigenvalue weighted by molar-refractivity contribution is 5.99. The maximum absolute atomic E-state index is 13.6. The van der Waals surface area contributed by atoms with Crippen molar-refractivity contribution in [2.24, 2.45) is 0 Å². The molecule has 3 N–H and O–H groups in total. The minimum Gasteiger partial charge on any atom is -0.390 e. The monoisotopic (exact) mass is 306 g/mol. The number of aliphatic hydroxyl groups is 1. The molecule has 6 heteroatoms. The summed E-state index contributed by atoms with van der Waals surface area (Å²) in [7, 11) is 0. The summed E-state index contributed by atoms with van der Waals surface area (Å²) in [5, 5.41) is 14.9. The number of hydrogen-bond donors (Lipinski definition) is 3. The number of halogens is 1. The molecule has 0 unspecified atom stereocenters. The molecule has 0 bridgehead atoms. The van der Waals surface area contributed by atoms with Gasteiger partial charge in [-0.25, -0.2) is 4.39 Å². The second kappa shape index (κ2) is 6.70. The molecule has 0 saturated heterocycles. The van der Waals surface area contributed by atoms with Crippen molar-refractivity contribution in [3.8, 4) is 0 Å². The summed E-state index contributed by atoms with van der Waals surface area (Å²) in [5.74, 6) is -1.39. The van der Waals surface area contributed by atoms with Gasteiger partial charge in [0.1, 0.15) is 5.82 Å². The first-order valence-electron chi connectivity index (χ1n) is 7.17. The first-order chi connectivity index (χ1) is 10.4. The predicted molar refractivity (Wildman–Crippen MR) is 81.9 cm³/mol. The molecule has 2 rings (SSSR count). The molecular formula is C16H19FN2O3. The van der Waals surface area contributed by atoms with Crippen LogP contribution in [0.15, 0.2) is 30.9 Å². The van der Waals surface area contributed by atoms with Crippen molar-refractivity contribution in [2.45, 2.75) is 37.7 Å². The Labute approximate surface area is 128 Å². The van der Waals surface area contributed by atoms with Crippen LogP contribution < -0.4 is 10.6 Å². The number of nitrogens with one attached hydrogen (secondary N) is 2. The zero-order valence-electron chi connectivity index (χ0n) is 12.2. The third kappa shape index (κ3) is 4.14. The van der Waals surface area contributed by atoms with Crippen LogP contribution in [0.4, 0.5) is 15.8 Å². The third-order valence-corrected chi connectivity index (χ3v) is 3.80. The molecule has 2 amide bonds. The lowest BCUT2D eigenvalue weighted by atomic mass is 9.77. The van der Waals surface area contributed by atoms with Crippen LogP contribution in [0.3, 0.4) is 0 Å². The largest absolute Gasteiger partial charge is 0.390 e. The van der Waals surface area contributed by atoms with E-state index in [0.717, 1.165) is 31.4 Å². The average Bonchev–Trinajstić information content (AvgIpc) is 2.46. The minimum absolute atomic E-state index is 0.0275. The van der Waals surface area contributed by atoms with E-state index >= 15 is 0 Å². The van der Waals surface area contributed by atoms with E-state index in [1.54, 1.807) is 0 Å². The molecule has 0 radical (unpaired) electrons. The second-order valence-electron chi connectivity index (χ2n) is 5.51. The van der Waals surface area contributed by atoms with Gasteiger partial charge >= 0.3 is 0 Å². The number of amides is 2. The highest BCUT2D eigenvalue weighted by Crippen LogP contribution is 2.35. The zero-order valence-corrected chi connectivity index (χ0v) is 12.2. The molecule has 118 valence electrons. The molecule has 1 aromatic carbocycles. The highest BCUT2D eigenvalue weighted by atomic mass is 19.1. The van der Waals surface area contributed by atoms with Crippen LogP contribution in [0.5, 0.6) is 0 Å². The second-order valence-corrected chi connectivity index (χ2v) is 5.51. The van der Waals surface area contributed by atoms with Crippen molar-refractivity contribution in [3.05, 3.63) is 36.7 Å². The van der Waals surface area contributed by atoms with Gasteiger partial charge < -0.3 is 15.7 Å².